The molecular weight excluding hydrogens is 428 g/mol. The molecule has 0 radical (unpaired) electrons. The molecule has 1 heterocycles. The molecule has 6 rings (SSSR count). The third kappa shape index (κ3) is 2.53. The summed E-state index contributed by atoms with van der Waals surface area (Å²) >= 11 is 0. The molecule has 1 aromatic carbocycles. The summed E-state index contributed by atoms with van der Waals surface area (Å²) in [5.74, 6) is -1.68. The molecule has 0 saturated heterocycles. The summed E-state index contributed by atoms with van der Waals surface area (Å²) in [4.78, 5) is 57.8. The van der Waals surface area contributed by atoms with Crippen molar-refractivity contribution in [2.24, 2.45) is 16.8 Å². The monoisotopic (exact) mass is 448 g/mol. The molecule has 1 aromatic rings. The van der Waals surface area contributed by atoms with Gasteiger partial charge in [-0.15, -0.1) is 0 Å². The van der Waals surface area contributed by atoms with Crippen LogP contribution in [0.15, 0.2) is 88.0 Å². The number of rotatable bonds is 0. The van der Waals surface area contributed by atoms with Crippen LogP contribution in [-0.2, 0) is 9.59 Å². The van der Waals surface area contributed by atoms with Gasteiger partial charge < -0.3 is 5.32 Å². The molecule has 0 amide bonds. The molecule has 1 N–H and O–H groups in total. The molecule has 166 valence electrons. The molecule has 0 spiro atoms. The number of anilines is 1. The molecule has 6 nitrogen and oxygen atoms in total. The largest absolute Gasteiger partial charge is 0.371 e. The number of carbonyl (C=O) groups excluding carboxylic acids is 4. The number of Topliss-reactive ketones (excluding diaryl/α,β-unsaturated/α-hetero) is 4. The lowest BCUT2D eigenvalue weighted by molar-refractivity contribution is -0.116. The van der Waals surface area contributed by atoms with Gasteiger partial charge in [0.15, 0.2) is 23.1 Å². The summed E-state index contributed by atoms with van der Waals surface area (Å²) in [5.41, 5.74) is 3.67. The van der Waals surface area contributed by atoms with E-state index in [1.165, 1.54) is 0 Å². The molecular formula is C28H20N2O4. The highest BCUT2D eigenvalue weighted by Crippen LogP contribution is 2.45. The number of aliphatic imine (C=N–C) groups is 1. The predicted octanol–water partition coefficient (Wildman–Crippen LogP) is 4.20. The van der Waals surface area contributed by atoms with Gasteiger partial charge in [0.1, 0.15) is 0 Å². The van der Waals surface area contributed by atoms with Gasteiger partial charge in [-0.3, -0.25) is 19.2 Å². The molecule has 1 aliphatic heterocycles. The number of allylic oxidation sites excluding steroid dienone is 10. The van der Waals surface area contributed by atoms with Crippen LogP contribution < -0.4 is 5.32 Å². The Morgan fingerprint density at radius 1 is 0.853 bits per heavy atom. The topological polar surface area (TPSA) is 92.7 Å². The van der Waals surface area contributed by atoms with Gasteiger partial charge in [0, 0.05) is 27.9 Å². The van der Waals surface area contributed by atoms with E-state index in [0.717, 1.165) is 0 Å². The molecule has 0 saturated carbocycles. The molecule has 6 heteroatoms. The molecule has 0 fully saturated rings. The number of nitrogens with one attached hydrogen (secondary N) is 1. The molecule has 0 bridgehead atoms. The Kier molecular flexibility index (Phi) is 4.30. The maximum absolute atomic E-state index is 13.4. The van der Waals surface area contributed by atoms with E-state index in [0.29, 0.717) is 50.5 Å². The number of nitrogens with zero attached hydrogens (tertiary/aromatic N) is 1. The first-order valence-electron chi connectivity index (χ1n) is 11.3. The van der Waals surface area contributed by atoms with Crippen molar-refractivity contribution >= 4 is 40.2 Å². The molecule has 3 atom stereocenters. The minimum Gasteiger partial charge on any atom is -0.371 e. The smallest absolute Gasteiger partial charge is 0.193 e. The van der Waals surface area contributed by atoms with Crippen molar-refractivity contribution in [3.8, 4) is 0 Å². The molecule has 0 aromatic heterocycles. The predicted molar refractivity (Wildman–Crippen MR) is 129 cm³/mol. The van der Waals surface area contributed by atoms with Crippen molar-refractivity contribution < 1.29 is 19.2 Å². The minimum absolute atomic E-state index is 0.0980. The highest BCUT2D eigenvalue weighted by Gasteiger charge is 2.44. The zero-order chi connectivity index (χ0) is 23.7. The standard InChI is InChI=1S/C28H20N2O4/c1-3-13-14(4-2)27(33)21-17(25(13)31)9-11-19-23(21)29-20-12-10-18-22(24(20)30-19)28(34)16-8-6-5-7-15(16)26(18)32/h3-12,15-16,23,29H,1-2H3/b13-3+,14-4+. The van der Waals surface area contributed by atoms with E-state index in [9.17, 15) is 19.2 Å². The maximum atomic E-state index is 13.4. The Bertz CT molecular complexity index is 1480. The van der Waals surface area contributed by atoms with Gasteiger partial charge in [0.2, 0.25) is 0 Å². The van der Waals surface area contributed by atoms with Gasteiger partial charge >= 0.3 is 0 Å². The lowest BCUT2D eigenvalue weighted by Gasteiger charge is -2.35. The fourth-order valence-electron chi connectivity index (χ4n) is 5.48. The summed E-state index contributed by atoms with van der Waals surface area (Å²) in [6.45, 7) is 3.48. The summed E-state index contributed by atoms with van der Waals surface area (Å²) < 4.78 is 0. The van der Waals surface area contributed by atoms with Crippen LogP contribution in [-0.4, -0.2) is 34.9 Å². The van der Waals surface area contributed by atoms with Crippen LogP contribution in [0.3, 0.4) is 0 Å². The van der Waals surface area contributed by atoms with Crippen LogP contribution in [0, 0.1) is 11.8 Å². The van der Waals surface area contributed by atoms with Crippen molar-refractivity contribution in [1.82, 2.24) is 0 Å². The van der Waals surface area contributed by atoms with Crippen molar-refractivity contribution in [1.29, 1.82) is 0 Å². The van der Waals surface area contributed by atoms with Crippen LogP contribution in [0.4, 0.5) is 11.4 Å². The number of hydrogen-bond acceptors (Lipinski definition) is 6. The minimum atomic E-state index is -0.616. The number of fused-ring (bicyclic) bond motifs is 6. The number of benzene rings is 1. The van der Waals surface area contributed by atoms with Gasteiger partial charge in [-0.2, -0.15) is 0 Å². The van der Waals surface area contributed by atoms with E-state index in [-0.39, 0.29) is 23.1 Å². The third-order valence-electron chi connectivity index (χ3n) is 7.11. The summed E-state index contributed by atoms with van der Waals surface area (Å²) in [6.07, 6.45) is 13.8. The zero-order valence-electron chi connectivity index (χ0n) is 18.6. The summed E-state index contributed by atoms with van der Waals surface area (Å²) in [7, 11) is 0. The Labute approximate surface area is 195 Å². The van der Waals surface area contributed by atoms with Gasteiger partial charge in [-0.1, -0.05) is 36.5 Å². The quantitative estimate of drug-likeness (QED) is 0.601. The van der Waals surface area contributed by atoms with Crippen molar-refractivity contribution in [2.45, 2.75) is 19.9 Å². The molecule has 5 aliphatic rings. The van der Waals surface area contributed by atoms with Crippen molar-refractivity contribution in [3.63, 3.8) is 0 Å². The fourth-order valence-corrected chi connectivity index (χ4v) is 5.48. The molecule has 3 unspecified atom stereocenters. The van der Waals surface area contributed by atoms with E-state index in [1.54, 1.807) is 74.6 Å². The summed E-state index contributed by atoms with van der Waals surface area (Å²) in [5, 5.41) is 3.33. The number of hydrogen-bond donors (Lipinski definition) is 1. The number of carbonyl (C=O) groups is 4. The van der Waals surface area contributed by atoms with E-state index >= 15 is 0 Å². The van der Waals surface area contributed by atoms with Crippen LogP contribution in [0.1, 0.15) is 34.6 Å². The van der Waals surface area contributed by atoms with Crippen LogP contribution in [0.5, 0.6) is 0 Å². The average molecular weight is 448 g/mol. The van der Waals surface area contributed by atoms with Gasteiger partial charge in [0.05, 0.1) is 40.5 Å². The first-order chi connectivity index (χ1) is 16.5. The highest BCUT2D eigenvalue weighted by molar-refractivity contribution is 6.35. The average Bonchev–Trinajstić information content (AvgIpc) is 2.86. The first-order valence-corrected chi connectivity index (χ1v) is 11.3. The lowest BCUT2D eigenvalue weighted by atomic mass is 9.71. The molecule has 34 heavy (non-hydrogen) atoms. The zero-order valence-corrected chi connectivity index (χ0v) is 18.6. The van der Waals surface area contributed by atoms with Crippen LogP contribution in [0.2, 0.25) is 0 Å². The van der Waals surface area contributed by atoms with Crippen LogP contribution >= 0.6 is 0 Å². The Morgan fingerprint density at radius 2 is 1.53 bits per heavy atom. The SMILES string of the molecule is C/C=C1/C(=O)C2=C(C(=O)/C1=C/C)C1Nc3ccc4c(c3N=C1C=C2)C(=O)C1C=CC=CC1C4=O. The summed E-state index contributed by atoms with van der Waals surface area (Å²) in [6, 6.07) is 2.76. The second-order valence-electron chi connectivity index (χ2n) is 8.77. The van der Waals surface area contributed by atoms with Crippen LogP contribution in [0.25, 0.3) is 0 Å². The normalized spacial score (nSPS) is 28.9. The van der Waals surface area contributed by atoms with Gasteiger partial charge in [-0.05, 0) is 38.1 Å². The lowest BCUT2D eigenvalue weighted by Crippen LogP contribution is -2.42. The van der Waals surface area contributed by atoms with Crippen molar-refractivity contribution in [2.75, 3.05) is 5.32 Å². The van der Waals surface area contributed by atoms with E-state index in [2.05, 4.69) is 5.32 Å². The third-order valence-corrected chi connectivity index (χ3v) is 7.11. The molecule has 4 aliphatic carbocycles. The van der Waals surface area contributed by atoms with Gasteiger partial charge in [-0.25, -0.2) is 4.99 Å². The Balaban J connectivity index is 1.50. The second-order valence-corrected chi connectivity index (χ2v) is 8.77. The first kappa shape index (κ1) is 20.4. The van der Waals surface area contributed by atoms with E-state index < -0.39 is 17.9 Å². The maximum Gasteiger partial charge on any atom is 0.193 e. The van der Waals surface area contributed by atoms with Crippen molar-refractivity contribution in [3.05, 3.63) is 94.2 Å². The Hall–Kier alpha value is -4.19. The highest BCUT2D eigenvalue weighted by atomic mass is 16.1. The van der Waals surface area contributed by atoms with Gasteiger partial charge in [0.25, 0.3) is 0 Å². The number of ketones is 4. The van der Waals surface area contributed by atoms with E-state index in [4.69, 9.17) is 4.99 Å². The fraction of sp³-hybridized carbons (Fsp3) is 0.179. The van der Waals surface area contributed by atoms with E-state index in [1.807, 2.05) is 0 Å². The Morgan fingerprint density at radius 3 is 2.24 bits per heavy atom. The second kappa shape index (κ2) is 7.15.